The first-order valence-electron chi connectivity index (χ1n) is 7.02. The first-order chi connectivity index (χ1) is 10.8. The Bertz CT molecular complexity index is 739. The maximum atomic E-state index is 11.9. The number of rotatable bonds is 5. The largest absolute Gasteiger partial charge is 0.356 e. The number of hydrogen-bond acceptors (Lipinski definition) is 4. The number of aromatic nitrogens is 2. The van der Waals surface area contributed by atoms with Crippen LogP contribution in [0.15, 0.2) is 65.4 Å². The van der Waals surface area contributed by atoms with Crippen LogP contribution in [-0.4, -0.2) is 22.6 Å². The molecule has 0 radical (unpaired) electrons. The number of benzene rings is 1. The molecule has 0 fully saturated rings. The summed E-state index contributed by atoms with van der Waals surface area (Å²) in [5.74, 6) is 0.592. The molecule has 3 rings (SSSR count). The molecule has 0 aliphatic carbocycles. The molecule has 0 bridgehead atoms. The quantitative estimate of drug-likeness (QED) is 0.785. The molecule has 0 saturated heterocycles. The molecule has 0 unspecified atom stereocenters. The second-order valence-corrected chi connectivity index (χ2v) is 4.80. The number of carbonyl (C=O) groups excluding carboxylic acids is 1. The van der Waals surface area contributed by atoms with Crippen molar-refractivity contribution in [2.75, 3.05) is 6.54 Å². The number of carbonyl (C=O) groups is 1. The average Bonchev–Trinajstić information content (AvgIpc) is 3.05. The van der Waals surface area contributed by atoms with E-state index in [1.807, 2.05) is 36.4 Å². The summed E-state index contributed by atoms with van der Waals surface area (Å²) in [7, 11) is 0. The zero-order chi connectivity index (χ0) is 15.2. The average molecular weight is 293 g/mol. The van der Waals surface area contributed by atoms with Gasteiger partial charge in [-0.1, -0.05) is 35.5 Å². The zero-order valence-corrected chi connectivity index (χ0v) is 11.9. The van der Waals surface area contributed by atoms with Crippen molar-refractivity contribution < 1.29 is 9.32 Å². The van der Waals surface area contributed by atoms with Gasteiger partial charge in [-0.2, -0.15) is 0 Å². The molecule has 0 atom stereocenters. The van der Waals surface area contributed by atoms with Crippen LogP contribution < -0.4 is 5.32 Å². The van der Waals surface area contributed by atoms with E-state index in [0.29, 0.717) is 18.5 Å². The second-order valence-electron chi connectivity index (χ2n) is 4.80. The van der Waals surface area contributed by atoms with Crippen molar-refractivity contribution >= 4 is 5.91 Å². The fraction of sp³-hybridized carbons (Fsp3) is 0.118. The predicted molar refractivity (Wildman–Crippen MR) is 82.2 cm³/mol. The van der Waals surface area contributed by atoms with Gasteiger partial charge in [0.2, 0.25) is 0 Å². The third-order valence-electron chi connectivity index (χ3n) is 3.21. The van der Waals surface area contributed by atoms with Crippen LogP contribution in [0.1, 0.15) is 16.1 Å². The lowest BCUT2D eigenvalue weighted by Crippen LogP contribution is -2.25. The Hall–Kier alpha value is -2.95. The fourth-order valence-corrected chi connectivity index (χ4v) is 2.07. The minimum Gasteiger partial charge on any atom is -0.356 e. The number of pyridine rings is 1. The Morgan fingerprint density at radius 2 is 2.00 bits per heavy atom. The standard InChI is InChI=1S/C17H15N3O2/c21-17(14-7-4-9-18-12-14)19-10-8-15-11-16(22-20-15)13-5-2-1-3-6-13/h1-7,9,11-12H,8,10H2,(H,19,21). The van der Waals surface area contributed by atoms with E-state index in [4.69, 9.17) is 4.52 Å². The summed E-state index contributed by atoms with van der Waals surface area (Å²) in [5.41, 5.74) is 2.35. The summed E-state index contributed by atoms with van der Waals surface area (Å²) >= 11 is 0. The molecule has 2 heterocycles. The van der Waals surface area contributed by atoms with Gasteiger partial charge in [-0.3, -0.25) is 9.78 Å². The molecule has 2 aromatic heterocycles. The summed E-state index contributed by atoms with van der Waals surface area (Å²) in [6, 6.07) is 15.1. The first-order valence-corrected chi connectivity index (χ1v) is 7.02. The van der Waals surface area contributed by atoms with Gasteiger partial charge in [-0.05, 0) is 12.1 Å². The zero-order valence-electron chi connectivity index (χ0n) is 11.9. The smallest absolute Gasteiger partial charge is 0.252 e. The molecule has 1 N–H and O–H groups in total. The van der Waals surface area contributed by atoms with Crippen molar-refractivity contribution in [2.24, 2.45) is 0 Å². The summed E-state index contributed by atoms with van der Waals surface area (Å²) in [6.45, 7) is 0.495. The normalized spacial score (nSPS) is 10.4. The fourth-order valence-electron chi connectivity index (χ4n) is 2.07. The molecule has 1 amide bonds. The summed E-state index contributed by atoms with van der Waals surface area (Å²) in [4.78, 5) is 15.8. The van der Waals surface area contributed by atoms with Crippen LogP contribution in [0.5, 0.6) is 0 Å². The summed E-state index contributed by atoms with van der Waals surface area (Å²) in [5, 5.41) is 6.86. The maximum Gasteiger partial charge on any atom is 0.252 e. The van der Waals surface area contributed by atoms with Gasteiger partial charge in [0.05, 0.1) is 11.3 Å². The van der Waals surface area contributed by atoms with Gasteiger partial charge in [0.1, 0.15) is 0 Å². The van der Waals surface area contributed by atoms with Crippen molar-refractivity contribution in [3.63, 3.8) is 0 Å². The highest BCUT2D eigenvalue weighted by Crippen LogP contribution is 2.19. The topological polar surface area (TPSA) is 68.0 Å². The Labute approximate surface area is 128 Å². The van der Waals surface area contributed by atoms with Gasteiger partial charge < -0.3 is 9.84 Å². The molecule has 3 aromatic rings. The van der Waals surface area contributed by atoms with Crippen molar-refractivity contribution in [1.82, 2.24) is 15.5 Å². The number of nitrogens with zero attached hydrogens (tertiary/aromatic N) is 2. The lowest BCUT2D eigenvalue weighted by atomic mass is 10.1. The van der Waals surface area contributed by atoms with Crippen molar-refractivity contribution in [2.45, 2.75) is 6.42 Å². The van der Waals surface area contributed by atoms with Gasteiger partial charge in [-0.15, -0.1) is 0 Å². The Balaban J connectivity index is 1.55. The van der Waals surface area contributed by atoms with Crippen molar-refractivity contribution in [3.05, 3.63) is 72.2 Å². The lowest BCUT2D eigenvalue weighted by Gasteiger charge is -2.02. The van der Waals surface area contributed by atoms with E-state index in [9.17, 15) is 4.79 Å². The van der Waals surface area contributed by atoms with E-state index < -0.39 is 0 Å². The molecule has 0 aliphatic rings. The van der Waals surface area contributed by atoms with Crippen LogP contribution in [0.2, 0.25) is 0 Å². The van der Waals surface area contributed by atoms with Crippen LogP contribution >= 0.6 is 0 Å². The minimum atomic E-state index is -0.139. The Morgan fingerprint density at radius 1 is 1.14 bits per heavy atom. The molecule has 1 aromatic carbocycles. The summed E-state index contributed by atoms with van der Waals surface area (Å²) < 4.78 is 5.32. The highest BCUT2D eigenvalue weighted by atomic mass is 16.5. The second kappa shape index (κ2) is 6.67. The highest BCUT2D eigenvalue weighted by Gasteiger charge is 2.08. The van der Waals surface area contributed by atoms with E-state index in [1.165, 1.54) is 0 Å². The highest BCUT2D eigenvalue weighted by molar-refractivity contribution is 5.93. The maximum absolute atomic E-state index is 11.9. The number of nitrogens with one attached hydrogen (secondary N) is 1. The third kappa shape index (κ3) is 3.38. The molecular formula is C17H15N3O2. The van der Waals surface area contributed by atoms with Crippen LogP contribution in [0.4, 0.5) is 0 Å². The monoisotopic (exact) mass is 293 g/mol. The number of amides is 1. The van der Waals surface area contributed by atoms with E-state index in [0.717, 1.165) is 17.0 Å². The molecule has 22 heavy (non-hydrogen) atoms. The van der Waals surface area contributed by atoms with Gasteiger partial charge >= 0.3 is 0 Å². The SMILES string of the molecule is O=C(NCCc1cc(-c2ccccc2)on1)c1cccnc1. The van der Waals surface area contributed by atoms with Gasteiger partial charge in [0, 0.05) is 37.0 Å². The first kappa shape index (κ1) is 14.0. The van der Waals surface area contributed by atoms with Crippen molar-refractivity contribution in [1.29, 1.82) is 0 Å². The van der Waals surface area contributed by atoms with Crippen LogP contribution in [-0.2, 0) is 6.42 Å². The molecule has 0 aliphatic heterocycles. The molecular weight excluding hydrogens is 278 g/mol. The van der Waals surface area contributed by atoms with Crippen LogP contribution in [0.3, 0.4) is 0 Å². The van der Waals surface area contributed by atoms with E-state index >= 15 is 0 Å². The predicted octanol–water partition coefficient (Wildman–Crippen LogP) is 2.71. The number of hydrogen-bond donors (Lipinski definition) is 1. The Kier molecular flexibility index (Phi) is 4.25. The van der Waals surface area contributed by atoms with Crippen LogP contribution in [0, 0.1) is 0 Å². The Morgan fingerprint density at radius 3 is 2.77 bits per heavy atom. The van der Waals surface area contributed by atoms with Crippen molar-refractivity contribution in [3.8, 4) is 11.3 Å². The van der Waals surface area contributed by atoms with E-state index in [2.05, 4.69) is 15.5 Å². The van der Waals surface area contributed by atoms with Crippen LogP contribution in [0.25, 0.3) is 11.3 Å². The molecule has 0 spiro atoms. The molecule has 110 valence electrons. The molecule has 5 heteroatoms. The molecule has 5 nitrogen and oxygen atoms in total. The minimum absolute atomic E-state index is 0.139. The third-order valence-corrected chi connectivity index (χ3v) is 3.21. The van der Waals surface area contributed by atoms with Gasteiger partial charge in [0.25, 0.3) is 5.91 Å². The molecule has 0 saturated carbocycles. The summed E-state index contributed by atoms with van der Waals surface area (Å²) in [6.07, 6.45) is 3.79. The lowest BCUT2D eigenvalue weighted by molar-refractivity contribution is 0.0953. The van der Waals surface area contributed by atoms with Gasteiger partial charge in [-0.25, -0.2) is 0 Å². The van der Waals surface area contributed by atoms with E-state index in [1.54, 1.807) is 24.5 Å². The van der Waals surface area contributed by atoms with E-state index in [-0.39, 0.29) is 5.91 Å². The van der Waals surface area contributed by atoms with Gasteiger partial charge in [0.15, 0.2) is 5.76 Å².